The summed E-state index contributed by atoms with van der Waals surface area (Å²) in [5.74, 6) is 0. The van der Waals surface area contributed by atoms with E-state index >= 15 is 0 Å². The summed E-state index contributed by atoms with van der Waals surface area (Å²) in [5.41, 5.74) is 0. The number of alkyl halides is 3. The first-order valence-electron chi connectivity index (χ1n) is 6.12. The molecular formula is C11H20F3NO3. The molecule has 4 nitrogen and oxygen atoms in total. The maximum atomic E-state index is 11.8. The molecule has 0 radical (unpaired) electrons. The molecule has 108 valence electrons. The Hall–Kier alpha value is -0.370. The summed E-state index contributed by atoms with van der Waals surface area (Å²) in [6, 6.07) is 0. The Balaban J connectivity index is 1.91. The van der Waals surface area contributed by atoms with Gasteiger partial charge in [0, 0.05) is 19.7 Å². The summed E-state index contributed by atoms with van der Waals surface area (Å²) in [6.07, 6.45) is -3.77. The van der Waals surface area contributed by atoms with Crippen LogP contribution >= 0.6 is 0 Å². The highest BCUT2D eigenvalue weighted by Gasteiger charge is 2.26. The van der Waals surface area contributed by atoms with Gasteiger partial charge in [0.2, 0.25) is 0 Å². The molecule has 1 fully saturated rings. The van der Waals surface area contributed by atoms with Crippen LogP contribution in [-0.2, 0) is 9.47 Å². The first-order valence-corrected chi connectivity index (χ1v) is 6.12. The van der Waals surface area contributed by atoms with Gasteiger partial charge in [-0.2, -0.15) is 13.2 Å². The third-order valence-corrected chi connectivity index (χ3v) is 2.60. The van der Waals surface area contributed by atoms with Crippen LogP contribution in [0.25, 0.3) is 0 Å². The zero-order chi connectivity index (χ0) is 13.4. The molecule has 1 rings (SSSR count). The van der Waals surface area contributed by atoms with Crippen molar-refractivity contribution in [3.8, 4) is 0 Å². The van der Waals surface area contributed by atoms with Crippen LogP contribution in [0.4, 0.5) is 13.2 Å². The van der Waals surface area contributed by atoms with Crippen molar-refractivity contribution in [1.29, 1.82) is 0 Å². The number of hydrogen-bond donors (Lipinski definition) is 2. The van der Waals surface area contributed by atoms with Gasteiger partial charge in [0.15, 0.2) is 0 Å². The molecule has 18 heavy (non-hydrogen) atoms. The van der Waals surface area contributed by atoms with Gasteiger partial charge >= 0.3 is 6.18 Å². The van der Waals surface area contributed by atoms with E-state index in [4.69, 9.17) is 9.47 Å². The second-order valence-corrected chi connectivity index (χ2v) is 4.40. The minimum absolute atomic E-state index is 0.0930. The van der Waals surface area contributed by atoms with Crippen LogP contribution in [-0.4, -0.2) is 56.4 Å². The number of halogens is 3. The van der Waals surface area contributed by atoms with Crippen LogP contribution in [0, 0.1) is 0 Å². The summed E-state index contributed by atoms with van der Waals surface area (Å²) >= 11 is 0. The quantitative estimate of drug-likeness (QED) is 0.649. The van der Waals surface area contributed by atoms with Gasteiger partial charge in [-0.05, 0) is 12.8 Å². The second-order valence-electron chi connectivity index (χ2n) is 4.40. The van der Waals surface area contributed by atoms with Crippen LogP contribution in [0.2, 0.25) is 0 Å². The SMILES string of the molecule is OC(CNCCC(F)(F)F)COCC1CCCO1. The molecule has 1 heterocycles. The molecule has 2 unspecified atom stereocenters. The highest BCUT2D eigenvalue weighted by Crippen LogP contribution is 2.18. The van der Waals surface area contributed by atoms with E-state index in [9.17, 15) is 18.3 Å². The van der Waals surface area contributed by atoms with Gasteiger partial charge < -0.3 is 19.9 Å². The van der Waals surface area contributed by atoms with Gasteiger partial charge in [0.25, 0.3) is 0 Å². The lowest BCUT2D eigenvalue weighted by molar-refractivity contribution is -0.133. The summed E-state index contributed by atoms with van der Waals surface area (Å²) in [7, 11) is 0. The van der Waals surface area contributed by atoms with E-state index in [1.54, 1.807) is 0 Å². The smallest absolute Gasteiger partial charge is 0.389 e. The van der Waals surface area contributed by atoms with E-state index in [1.807, 2.05) is 0 Å². The zero-order valence-electron chi connectivity index (χ0n) is 10.2. The van der Waals surface area contributed by atoms with Crippen molar-refractivity contribution in [2.75, 3.05) is 32.9 Å². The molecule has 1 aliphatic rings. The fourth-order valence-corrected chi connectivity index (χ4v) is 1.67. The van der Waals surface area contributed by atoms with Gasteiger partial charge in [-0.25, -0.2) is 0 Å². The van der Waals surface area contributed by atoms with Crippen LogP contribution < -0.4 is 5.32 Å². The normalized spacial score (nSPS) is 22.3. The lowest BCUT2D eigenvalue weighted by Gasteiger charge is -2.15. The fraction of sp³-hybridized carbons (Fsp3) is 1.00. The van der Waals surface area contributed by atoms with Crippen molar-refractivity contribution >= 4 is 0 Å². The predicted octanol–water partition coefficient (Wildman–Crippen LogP) is 1.08. The van der Waals surface area contributed by atoms with E-state index in [1.165, 1.54) is 0 Å². The maximum absolute atomic E-state index is 11.8. The summed E-state index contributed by atoms with van der Waals surface area (Å²) in [6.45, 7) is 1.20. The largest absolute Gasteiger partial charge is 0.390 e. The van der Waals surface area contributed by atoms with Gasteiger partial charge in [0.1, 0.15) is 0 Å². The molecule has 0 spiro atoms. The van der Waals surface area contributed by atoms with Crippen molar-refractivity contribution < 1.29 is 27.8 Å². The number of ether oxygens (including phenoxy) is 2. The van der Waals surface area contributed by atoms with Crippen molar-refractivity contribution in [2.45, 2.75) is 37.6 Å². The molecule has 0 bridgehead atoms. The monoisotopic (exact) mass is 271 g/mol. The van der Waals surface area contributed by atoms with Gasteiger partial charge in [-0.15, -0.1) is 0 Å². The Morgan fingerprint density at radius 2 is 2.22 bits per heavy atom. The highest BCUT2D eigenvalue weighted by atomic mass is 19.4. The van der Waals surface area contributed by atoms with E-state index in [0.29, 0.717) is 6.61 Å². The van der Waals surface area contributed by atoms with E-state index in [0.717, 1.165) is 19.4 Å². The third kappa shape index (κ3) is 7.86. The molecule has 0 saturated carbocycles. The van der Waals surface area contributed by atoms with Crippen LogP contribution in [0.15, 0.2) is 0 Å². The van der Waals surface area contributed by atoms with Crippen LogP contribution in [0.1, 0.15) is 19.3 Å². The maximum Gasteiger partial charge on any atom is 0.390 e. The number of aliphatic hydroxyl groups excluding tert-OH is 1. The summed E-state index contributed by atoms with van der Waals surface area (Å²) in [5, 5.41) is 12.0. The predicted molar refractivity (Wildman–Crippen MR) is 59.3 cm³/mol. The second kappa shape index (κ2) is 7.93. The van der Waals surface area contributed by atoms with Crippen LogP contribution in [0.3, 0.4) is 0 Å². The number of nitrogens with one attached hydrogen (secondary N) is 1. The van der Waals surface area contributed by atoms with Crippen molar-refractivity contribution in [3.63, 3.8) is 0 Å². The molecule has 2 N–H and O–H groups in total. The average Bonchev–Trinajstić information content (AvgIpc) is 2.76. The summed E-state index contributed by atoms with van der Waals surface area (Å²) in [4.78, 5) is 0. The molecule has 0 amide bonds. The number of hydrogen-bond acceptors (Lipinski definition) is 4. The molecule has 0 aromatic heterocycles. The minimum Gasteiger partial charge on any atom is -0.389 e. The minimum atomic E-state index is -4.16. The Bertz CT molecular complexity index is 220. The Kier molecular flexibility index (Phi) is 6.91. The molecule has 7 heteroatoms. The fourth-order valence-electron chi connectivity index (χ4n) is 1.67. The number of rotatable bonds is 8. The standard InChI is InChI=1S/C11H20F3NO3/c12-11(13,14)3-4-15-6-9(16)7-17-8-10-2-1-5-18-10/h9-10,15-16H,1-8H2. The zero-order valence-corrected chi connectivity index (χ0v) is 10.2. The third-order valence-electron chi connectivity index (χ3n) is 2.60. The first-order chi connectivity index (χ1) is 8.47. The Morgan fingerprint density at radius 3 is 2.83 bits per heavy atom. The van der Waals surface area contributed by atoms with Crippen molar-refractivity contribution in [3.05, 3.63) is 0 Å². The molecule has 0 aromatic carbocycles. The van der Waals surface area contributed by atoms with E-state index < -0.39 is 18.7 Å². The molecule has 1 aliphatic heterocycles. The van der Waals surface area contributed by atoms with Crippen molar-refractivity contribution in [1.82, 2.24) is 5.32 Å². The molecule has 0 aliphatic carbocycles. The molecular weight excluding hydrogens is 251 g/mol. The topological polar surface area (TPSA) is 50.7 Å². The highest BCUT2D eigenvalue weighted by molar-refractivity contribution is 4.65. The Morgan fingerprint density at radius 1 is 1.44 bits per heavy atom. The van der Waals surface area contributed by atoms with Crippen LogP contribution in [0.5, 0.6) is 0 Å². The van der Waals surface area contributed by atoms with E-state index in [2.05, 4.69) is 5.32 Å². The number of aliphatic hydroxyl groups is 1. The summed E-state index contributed by atoms with van der Waals surface area (Å²) < 4.78 is 46.0. The molecule has 0 aromatic rings. The first kappa shape index (κ1) is 15.7. The molecule has 1 saturated heterocycles. The lowest BCUT2D eigenvalue weighted by atomic mass is 10.2. The average molecular weight is 271 g/mol. The lowest BCUT2D eigenvalue weighted by Crippen LogP contribution is -2.33. The van der Waals surface area contributed by atoms with Gasteiger partial charge in [-0.1, -0.05) is 0 Å². The Labute approximate surface area is 104 Å². The van der Waals surface area contributed by atoms with Gasteiger partial charge in [0.05, 0.1) is 31.8 Å². The van der Waals surface area contributed by atoms with E-state index in [-0.39, 0.29) is 25.8 Å². The van der Waals surface area contributed by atoms with Crippen molar-refractivity contribution in [2.24, 2.45) is 0 Å². The molecule has 2 atom stereocenters. The van der Waals surface area contributed by atoms with Gasteiger partial charge in [-0.3, -0.25) is 0 Å².